The van der Waals surface area contributed by atoms with Gasteiger partial charge in [-0.25, -0.2) is 0 Å². The van der Waals surface area contributed by atoms with Gasteiger partial charge in [0.1, 0.15) is 0 Å². The maximum atomic E-state index is 11.0. The number of anilines is 1. The van der Waals surface area contributed by atoms with Gasteiger partial charge in [0.15, 0.2) is 0 Å². The van der Waals surface area contributed by atoms with E-state index >= 15 is 0 Å². The van der Waals surface area contributed by atoms with Crippen LogP contribution in [0.25, 0.3) is 0 Å². The molecule has 0 bridgehead atoms. The summed E-state index contributed by atoms with van der Waals surface area (Å²) in [6.45, 7) is 2.68. The molecular formula is C11H15BrN2O. The molecule has 82 valence electrons. The molecule has 0 fully saturated rings. The second kappa shape index (κ2) is 5.75. The lowest BCUT2D eigenvalue weighted by atomic mass is 10.2. The monoisotopic (exact) mass is 270 g/mol. The largest absolute Gasteiger partial charge is 0.384 e. The predicted molar refractivity (Wildman–Crippen MR) is 66.1 cm³/mol. The molecular weight excluding hydrogens is 256 g/mol. The van der Waals surface area contributed by atoms with Crippen LogP contribution in [0.1, 0.15) is 12.0 Å². The molecule has 0 saturated heterocycles. The molecule has 0 aromatic heterocycles. The maximum Gasteiger partial charge on any atom is 0.221 e. The van der Waals surface area contributed by atoms with Gasteiger partial charge in [0.25, 0.3) is 0 Å². The van der Waals surface area contributed by atoms with Gasteiger partial charge in [-0.15, -0.1) is 0 Å². The van der Waals surface area contributed by atoms with Gasteiger partial charge in [0, 0.05) is 30.2 Å². The number of hydrogen-bond acceptors (Lipinski definition) is 2. The fourth-order valence-corrected chi connectivity index (χ4v) is 1.83. The summed E-state index contributed by atoms with van der Waals surface area (Å²) < 4.78 is 1.03. The van der Waals surface area contributed by atoms with E-state index in [0.717, 1.165) is 10.2 Å². The molecule has 0 spiro atoms. The van der Waals surface area contributed by atoms with E-state index in [1.165, 1.54) is 5.56 Å². The smallest absolute Gasteiger partial charge is 0.221 e. The van der Waals surface area contributed by atoms with Gasteiger partial charge in [0.05, 0.1) is 0 Å². The van der Waals surface area contributed by atoms with Crippen LogP contribution >= 0.6 is 15.9 Å². The van der Waals surface area contributed by atoms with E-state index in [1.807, 2.05) is 25.1 Å². The first-order valence-electron chi connectivity index (χ1n) is 4.84. The minimum atomic E-state index is 0.0470. The van der Waals surface area contributed by atoms with Gasteiger partial charge < -0.3 is 10.6 Å². The number of rotatable bonds is 4. The van der Waals surface area contributed by atoms with E-state index in [2.05, 4.69) is 26.6 Å². The number of halogens is 1. The van der Waals surface area contributed by atoms with E-state index in [1.54, 1.807) is 7.05 Å². The first-order valence-corrected chi connectivity index (χ1v) is 5.63. The Hall–Kier alpha value is -1.03. The standard InChI is InChI=1S/C11H15BrN2O/c1-8-3-4-10(9(12)7-8)14-6-5-11(15)13-2/h3-4,7,14H,5-6H2,1-2H3,(H,13,15). The SMILES string of the molecule is CNC(=O)CCNc1ccc(C)cc1Br. The predicted octanol–water partition coefficient (Wildman–Crippen LogP) is 2.31. The Labute approximate surface area is 98.4 Å². The second-order valence-electron chi connectivity index (χ2n) is 3.33. The number of carbonyl (C=O) groups is 1. The zero-order chi connectivity index (χ0) is 11.3. The highest BCUT2D eigenvalue weighted by atomic mass is 79.9. The van der Waals surface area contributed by atoms with Gasteiger partial charge in [-0.2, -0.15) is 0 Å². The van der Waals surface area contributed by atoms with Crippen molar-refractivity contribution in [1.82, 2.24) is 5.32 Å². The summed E-state index contributed by atoms with van der Waals surface area (Å²) in [5.74, 6) is 0.0470. The van der Waals surface area contributed by atoms with Gasteiger partial charge in [-0.1, -0.05) is 6.07 Å². The first-order chi connectivity index (χ1) is 7.13. The molecule has 15 heavy (non-hydrogen) atoms. The summed E-state index contributed by atoms with van der Waals surface area (Å²) in [4.78, 5) is 11.0. The van der Waals surface area contributed by atoms with Crippen LogP contribution in [0.3, 0.4) is 0 Å². The van der Waals surface area contributed by atoms with Gasteiger partial charge in [-0.05, 0) is 40.5 Å². The Morgan fingerprint density at radius 2 is 2.20 bits per heavy atom. The summed E-state index contributed by atoms with van der Waals surface area (Å²) >= 11 is 3.47. The quantitative estimate of drug-likeness (QED) is 0.882. The Morgan fingerprint density at radius 1 is 1.47 bits per heavy atom. The molecule has 1 aromatic carbocycles. The fraction of sp³-hybridized carbons (Fsp3) is 0.364. The van der Waals surface area contributed by atoms with Crippen LogP contribution in [-0.2, 0) is 4.79 Å². The third kappa shape index (κ3) is 3.91. The lowest BCUT2D eigenvalue weighted by molar-refractivity contribution is -0.120. The lowest BCUT2D eigenvalue weighted by Crippen LogP contribution is -2.20. The Kier molecular flexibility index (Phi) is 4.62. The topological polar surface area (TPSA) is 41.1 Å². The number of amides is 1. The van der Waals surface area contributed by atoms with Crippen molar-refractivity contribution in [2.45, 2.75) is 13.3 Å². The fourth-order valence-electron chi connectivity index (χ4n) is 1.20. The molecule has 2 N–H and O–H groups in total. The summed E-state index contributed by atoms with van der Waals surface area (Å²) in [5, 5.41) is 5.78. The highest BCUT2D eigenvalue weighted by Gasteiger charge is 2.00. The van der Waals surface area contributed by atoms with E-state index in [-0.39, 0.29) is 5.91 Å². The van der Waals surface area contributed by atoms with Crippen molar-refractivity contribution in [3.8, 4) is 0 Å². The highest BCUT2D eigenvalue weighted by Crippen LogP contribution is 2.23. The van der Waals surface area contributed by atoms with Crippen molar-refractivity contribution in [3.05, 3.63) is 28.2 Å². The van der Waals surface area contributed by atoms with Crippen molar-refractivity contribution >= 4 is 27.5 Å². The third-order valence-electron chi connectivity index (χ3n) is 2.07. The summed E-state index contributed by atoms with van der Waals surface area (Å²) in [6, 6.07) is 6.08. The van der Waals surface area contributed by atoms with E-state index in [0.29, 0.717) is 13.0 Å². The minimum absolute atomic E-state index is 0.0470. The van der Waals surface area contributed by atoms with E-state index in [9.17, 15) is 4.79 Å². The van der Waals surface area contributed by atoms with Crippen LogP contribution in [0, 0.1) is 6.92 Å². The van der Waals surface area contributed by atoms with E-state index in [4.69, 9.17) is 0 Å². The molecule has 0 unspecified atom stereocenters. The number of aryl methyl sites for hydroxylation is 1. The molecule has 0 atom stereocenters. The van der Waals surface area contributed by atoms with Crippen LogP contribution in [0.4, 0.5) is 5.69 Å². The Morgan fingerprint density at radius 3 is 2.80 bits per heavy atom. The lowest BCUT2D eigenvalue weighted by Gasteiger charge is -2.08. The van der Waals surface area contributed by atoms with Crippen molar-refractivity contribution < 1.29 is 4.79 Å². The number of nitrogens with one attached hydrogen (secondary N) is 2. The third-order valence-corrected chi connectivity index (χ3v) is 2.73. The first kappa shape index (κ1) is 12.0. The minimum Gasteiger partial charge on any atom is -0.384 e. The van der Waals surface area contributed by atoms with Gasteiger partial charge in [-0.3, -0.25) is 4.79 Å². The maximum absolute atomic E-state index is 11.0. The molecule has 1 amide bonds. The summed E-state index contributed by atoms with van der Waals surface area (Å²) in [5.41, 5.74) is 2.23. The van der Waals surface area contributed by atoms with Crippen molar-refractivity contribution in [1.29, 1.82) is 0 Å². The molecule has 3 nitrogen and oxygen atoms in total. The van der Waals surface area contributed by atoms with Crippen LogP contribution in [0.5, 0.6) is 0 Å². The zero-order valence-corrected chi connectivity index (χ0v) is 10.5. The number of hydrogen-bond donors (Lipinski definition) is 2. The average Bonchev–Trinajstić information content (AvgIpc) is 2.21. The number of benzene rings is 1. The molecule has 0 aliphatic carbocycles. The van der Waals surface area contributed by atoms with Crippen LogP contribution in [0.15, 0.2) is 22.7 Å². The summed E-state index contributed by atoms with van der Waals surface area (Å²) in [7, 11) is 1.64. The Bertz CT molecular complexity index is 352. The molecule has 0 heterocycles. The van der Waals surface area contributed by atoms with Gasteiger partial charge >= 0.3 is 0 Å². The number of carbonyl (C=O) groups excluding carboxylic acids is 1. The van der Waals surface area contributed by atoms with Crippen molar-refractivity contribution in [2.24, 2.45) is 0 Å². The van der Waals surface area contributed by atoms with Crippen molar-refractivity contribution in [3.63, 3.8) is 0 Å². The van der Waals surface area contributed by atoms with Gasteiger partial charge in [0.2, 0.25) is 5.91 Å². The normalized spacial score (nSPS) is 9.80. The second-order valence-corrected chi connectivity index (χ2v) is 4.19. The molecule has 1 aromatic rings. The van der Waals surface area contributed by atoms with Crippen LogP contribution in [0.2, 0.25) is 0 Å². The highest BCUT2D eigenvalue weighted by molar-refractivity contribution is 9.10. The molecule has 4 heteroatoms. The van der Waals surface area contributed by atoms with Crippen LogP contribution in [-0.4, -0.2) is 19.5 Å². The van der Waals surface area contributed by atoms with Crippen molar-refractivity contribution in [2.75, 3.05) is 18.9 Å². The average molecular weight is 271 g/mol. The van der Waals surface area contributed by atoms with E-state index < -0.39 is 0 Å². The summed E-state index contributed by atoms with van der Waals surface area (Å²) in [6.07, 6.45) is 0.483. The molecule has 0 radical (unpaired) electrons. The zero-order valence-electron chi connectivity index (χ0n) is 8.93. The molecule has 0 saturated carbocycles. The van der Waals surface area contributed by atoms with Crippen LogP contribution < -0.4 is 10.6 Å². The Balaban J connectivity index is 2.47. The molecule has 1 rings (SSSR count). The molecule has 0 aliphatic rings. The molecule has 0 aliphatic heterocycles.